The summed E-state index contributed by atoms with van der Waals surface area (Å²) in [5.41, 5.74) is 0.942. The highest BCUT2D eigenvalue weighted by atomic mass is 19.1. The molecule has 1 atom stereocenters. The Bertz CT molecular complexity index is 405. The Labute approximate surface area is 114 Å². The van der Waals surface area contributed by atoms with Gasteiger partial charge in [-0.25, -0.2) is 4.39 Å². The summed E-state index contributed by atoms with van der Waals surface area (Å²) < 4.78 is 23.8. The van der Waals surface area contributed by atoms with Crippen LogP contribution >= 0.6 is 0 Å². The van der Waals surface area contributed by atoms with Crippen LogP contribution in [-0.4, -0.2) is 26.4 Å². The number of hydrogen-bond acceptors (Lipinski definition) is 3. The minimum atomic E-state index is -0.305. The molecule has 0 aromatic heterocycles. The van der Waals surface area contributed by atoms with Gasteiger partial charge in [0, 0.05) is 25.8 Å². The molecule has 1 aliphatic heterocycles. The monoisotopic (exact) mass is 267 g/mol. The van der Waals surface area contributed by atoms with Gasteiger partial charge in [-0.05, 0) is 43.4 Å². The van der Waals surface area contributed by atoms with Gasteiger partial charge >= 0.3 is 0 Å². The standard InChI is InChI=1S/C15H22FNO2/c1-11(13-5-7-19-8-6-13)17-10-12-3-4-15(18-2)14(16)9-12/h3-4,9,11,13,17H,5-8,10H2,1-2H3. The van der Waals surface area contributed by atoms with E-state index in [2.05, 4.69) is 12.2 Å². The highest BCUT2D eigenvalue weighted by Gasteiger charge is 2.19. The van der Waals surface area contributed by atoms with Crippen LogP contribution in [0.1, 0.15) is 25.3 Å². The molecule has 0 spiro atoms. The molecule has 1 aromatic carbocycles. The molecular weight excluding hydrogens is 245 g/mol. The van der Waals surface area contributed by atoms with Crippen molar-refractivity contribution in [2.45, 2.75) is 32.4 Å². The first kappa shape index (κ1) is 14.3. The zero-order valence-corrected chi connectivity index (χ0v) is 11.6. The lowest BCUT2D eigenvalue weighted by molar-refractivity contribution is 0.0558. The molecule has 0 aliphatic carbocycles. The van der Waals surface area contributed by atoms with Gasteiger partial charge in [0.25, 0.3) is 0 Å². The lowest BCUT2D eigenvalue weighted by Gasteiger charge is -2.28. The minimum Gasteiger partial charge on any atom is -0.494 e. The lowest BCUT2D eigenvalue weighted by Crippen LogP contribution is -2.36. The molecule has 19 heavy (non-hydrogen) atoms. The fraction of sp³-hybridized carbons (Fsp3) is 0.600. The predicted octanol–water partition coefficient (Wildman–Crippen LogP) is 2.74. The van der Waals surface area contributed by atoms with Gasteiger partial charge in [0.1, 0.15) is 0 Å². The van der Waals surface area contributed by atoms with Crippen LogP contribution in [0.2, 0.25) is 0 Å². The molecule has 0 bridgehead atoms. The van der Waals surface area contributed by atoms with Crippen molar-refractivity contribution in [1.82, 2.24) is 5.32 Å². The maximum Gasteiger partial charge on any atom is 0.165 e. The summed E-state index contributed by atoms with van der Waals surface area (Å²) >= 11 is 0. The lowest BCUT2D eigenvalue weighted by atomic mass is 9.93. The molecule has 1 saturated heterocycles. The molecular formula is C15H22FNO2. The first-order chi connectivity index (χ1) is 9.20. The van der Waals surface area contributed by atoms with Crippen LogP contribution in [0.25, 0.3) is 0 Å². The normalized spacial score (nSPS) is 18.3. The zero-order chi connectivity index (χ0) is 13.7. The van der Waals surface area contributed by atoms with Crippen LogP contribution in [0.4, 0.5) is 4.39 Å². The number of benzene rings is 1. The van der Waals surface area contributed by atoms with Gasteiger partial charge in [-0.15, -0.1) is 0 Å². The van der Waals surface area contributed by atoms with Gasteiger partial charge in [-0.3, -0.25) is 0 Å². The van der Waals surface area contributed by atoms with Crippen LogP contribution < -0.4 is 10.1 Å². The summed E-state index contributed by atoms with van der Waals surface area (Å²) in [6, 6.07) is 5.52. The van der Waals surface area contributed by atoms with E-state index in [0.29, 0.717) is 24.3 Å². The van der Waals surface area contributed by atoms with Crippen molar-refractivity contribution in [3.63, 3.8) is 0 Å². The summed E-state index contributed by atoms with van der Waals surface area (Å²) in [6.45, 7) is 4.58. The van der Waals surface area contributed by atoms with Gasteiger partial charge in [-0.2, -0.15) is 0 Å². The second-order valence-electron chi connectivity index (χ2n) is 5.09. The largest absolute Gasteiger partial charge is 0.494 e. The third-order valence-electron chi connectivity index (χ3n) is 3.82. The number of hydrogen-bond donors (Lipinski definition) is 1. The van der Waals surface area contributed by atoms with E-state index in [9.17, 15) is 4.39 Å². The summed E-state index contributed by atoms with van der Waals surface area (Å²) in [5.74, 6) is 0.638. The van der Waals surface area contributed by atoms with Crippen LogP contribution in [0.3, 0.4) is 0 Å². The van der Waals surface area contributed by atoms with Crippen molar-refractivity contribution in [2.24, 2.45) is 5.92 Å². The van der Waals surface area contributed by atoms with Gasteiger partial charge in [-0.1, -0.05) is 6.07 Å². The predicted molar refractivity (Wildman–Crippen MR) is 72.8 cm³/mol. The molecule has 1 aliphatic rings. The molecule has 0 radical (unpaired) electrons. The van der Waals surface area contributed by atoms with E-state index in [4.69, 9.17) is 9.47 Å². The third kappa shape index (κ3) is 3.91. The Morgan fingerprint density at radius 3 is 2.79 bits per heavy atom. The van der Waals surface area contributed by atoms with Crippen LogP contribution in [0, 0.1) is 11.7 Å². The summed E-state index contributed by atoms with van der Waals surface area (Å²) in [5, 5.41) is 3.47. The van der Waals surface area contributed by atoms with Crippen LogP contribution in [0.5, 0.6) is 5.75 Å². The first-order valence-corrected chi connectivity index (χ1v) is 6.84. The van der Waals surface area contributed by atoms with E-state index < -0.39 is 0 Å². The quantitative estimate of drug-likeness (QED) is 0.890. The Balaban J connectivity index is 1.85. The number of rotatable bonds is 5. The maximum absolute atomic E-state index is 13.6. The van der Waals surface area contributed by atoms with Crippen molar-refractivity contribution in [1.29, 1.82) is 0 Å². The summed E-state index contributed by atoms with van der Waals surface area (Å²) in [6.07, 6.45) is 2.20. The van der Waals surface area contributed by atoms with Gasteiger partial charge in [0.2, 0.25) is 0 Å². The molecule has 0 amide bonds. The molecule has 2 rings (SSSR count). The molecule has 1 heterocycles. The van der Waals surface area contributed by atoms with Crippen molar-refractivity contribution >= 4 is 0 Å². The second-order valence-corrected chi connectivity index (χ2v) is 5.09. The average Bonchev–Trinajstić information content (AvgIpc) is 2.46. The average molecular weight is 267 g/mol. The second kappa shape index (κ2) is 6.87. The van der Waals surface area contributed by atoms with Crippen LogP contribution in [-0.2, 0) is 11.3 Å². The SMILES string of the molecule is COc1ccc(CNC(C)C2CCOCC2)cc1F. The highest BCUT2D eigenvalue weighted by molar-refractivity contribution is 5.29. The van der Waals surface area contributed by atoms with Crippen molar-refractivity contribution < 1.29 is 13.9 Å². The molecule has 3 nitrogen and oxygen atoms in total. The smallest absolute Gasteiger partial charge is 0.165 e. The minimum absolute atomic E-state index is 0.293. The van der Waals surface area contributed by atoms with Crippen molar-refractivity contribution in [3.8, 4) is 5.75 Å². The van der Waals surface area contributed by atoms with E-state index in [0.717, 1.165) is 31.6 Å². The number of halogens is 1. The van der Waals surface area contributed by atoms with E-state index in [1.54, 1.807) is 6.07 Å². The van der Waals surface area contributed by atoms with E-state index in [-0.39, 0.29) is 5.82 Å². The Kier molecular flexibility index (Phi) is 5.16. The summed E-state index contributed by atoms with van der Waals surface area (Å²) in [7, 11) is 1.48. The molecule has 1 aromatic rings. The Morgan fingerprint density at radius 2 is 2.16 bits per heavy atom. The fourth-order valence-electron chi connectivity index (χ4n) is 2.48. The van der Waals surface area contributed by atoms with E-state index >= 15 is 0 Å². The van der Waals surface area contributed by atoms with Gasteiger partial charge < -0.3 is 14.8 Å². The highest BCUT2D eigenvalue weighted by Crippen LogP contribution is 2.20. The molecule has 4 heteroatoms. The molecule has 0 saturated carbocycles. The van der Waals surface area contributed by atoms with Crippen LogP contribution in [0.15, 0.2) is 18.2 Å². The molecule has 1 N–H and O–H groups in total. The zero-order valence-electron chi connectivity index (χ0n) is 11.6. The van der Waals surface area contributed by atoms with Crippen molar-refractivity contribution in [3.05, 3.63) is 29.6 Å². The molecule has 1 fully saturated rings. The van der Waals surface area contributed by atoms with Crippen molar-refractivity contribution in [2.75, 3.05) is 20.3 Å². The molecule has 1 unspecified atom stereocenters. The third-order valence-corrected chi connectivity index (χ3v) is 3.82. The maximum atomic E-state index is 13.6. The Morgan fingerprint density at radius 1 is 1.42 bits per heavy atom. The summed E-state index contributed by atoms with van der Waals surface area (Å²) in [4.78, 5) is 0. The number of ether oxygens (including phenoxy) is 2. The first-order valence-electron chi connectivity index (χ1n) is 6.84. The van der Waals surface area contributed by atoms with E-state index in [1.165, 1.54) is 13.2 Å². The van der Waals surface area contributed by atoms with E-state index in [1.807, 2.05) is 6.07 Å². The molecule has 106 valence electrons. The van der Waals surface area contributed by atoms with Gasteiger partial charge in [0.15, 0.2) is 11.6 Å². The van der Waals surface area contributed by atoms with Gasteiger partial charge in [0.05, 0.1) is 7.11 Å². The number of nitrogens with one attached hydrogen (secondary N) is 1. The fourth-order valence-corrected chi connectivity index (χ4v) is 2.48. The topological polar surface area (TPSA) is 30.5 Å². The number of methoxy groups -OCH3 is 1. The Hall–Kier alpha value is -1.13.